The summed E-state index contributed by atoms with van der Waals surface area (Å²) >= 11 is 5.92. The topological polar surface area (TPSA) is 55.2 Å². The summed E-state index contributed by atoms with van der Waals surface area (Å²) in [6, 6.07) is 5.40. The number of halogens is 1. The van der Waals surface area contributed by atoms with E-state index in [1.807, 2.05) is 4.90 Å². The highest BCUT2D eigenvalue weighted by molar-refractivity contribution is 6.31. The first-order chi connectivity index (χ1) is 11.0. The van der Waals surface area contributed by atoms with E-state index in [1.54, 1.807) is 18.2 Å². The Morgan fingerprint density at radius 2 is 2.00 bits per heavy atom. The molecule has 6 heteroatoms. The van der Waals surface area contributed by atoms with E-state index in [0.29, 0.717) is 15.9 Å². The number of benzene rings is 1. The highest BCUT2D eigenvalue weighted by Crippen LogP contribution is 2.22. The maximum Gasteiger partial charge on any atom is 0.261 e. The first kappa shape index (κ1) is 16.0. The molecule has 0 spiro atoms. The minimum Gasteiger partial charge on any atom is -0.336 e. The predicted octanol–water partition coefficient (Wildman–Crippen LogP) is 2.84. The third kappa shape index (κ3) is 3.11. The van der Waals surface area contributed by atoms with Gasteiger partial charge in [-0.05, 0) is 51.3 Å². The molecule has 2 aromatic rings. The molecule has 1 fully saturated rings. The van der Waals surface area contributed by atoms with Crippen LogP contribution in [-0.2, 0) is 11.3 Å². The zero-order valence-corrected chi connectivity index (χ0v) is 14.1. The molecule has 0 radical (unpaired) electrons. The lowest BCUT2D eigenvalue weighted by molar-refractivity contribution is -0.138. The molecular formula is C17H20ClN3O2. The number of aromatic nitrogens is 2. The van der Waals surface area contributed by atoms with Crippen molar-refractivity contribution in [3.05, 3.63) is 39.9 Å². The molecule has 23 heavy (non-hydrogen) atoms. The Morgan fingerprint density at radius 1 is 1.30 bits per heavy atom. The molecule has 2 heterocycles. The SMILES string of the molecule is C[C@@H]1CCC[C@H](C)N1C(=O)Cn1cnc2cc(Cl)ccc2c1=O. The third-order valence-corrected chi connectivity index (χ3v) is 4.81. The van der Waals surface area contributed by atoms with Gasteiger partial charge < -0.3 is 4.90 Å². The van der Waals surface area contributed by atoms with Crippen LogP contribution in [0.1, 0.15) is 33.1 Å². The van der Waals surface area contributed by atoms with Crippen LogP contribution < -0.4 is 5.56 Å². The number of hydrogen-bond acceptors (Lipinski definition) is 3. The van der Waals surface area contributed by atoms with Crippen molar-refractivity contribution in [2.24, 2.45) is 0 Å². The van der Waals surface area contributed by atoms with Crippen LogP contribution in [-0.4, -0.2) is 32.4 Å². The van der Waals surface area contributed by atoms with Gasteiger partial charge in [0.1, 0.15) is 6.54 Å². The van der Waals surface area contributed by atoms with Gasteiger partial charge in [-0.1, -0.05) is 11.6 Å². The van der Waals surface area contributed by atoms with Gasteiger partial charge in [0.25, 0.3) is 5.56 Å². The third-order valence-electron chi connectivity index (χ3n) is 4.57. The van der Waals surface area contributed by atoms with Gasteiger partial charge in [-0.3, -0.25) is 14.2 Å². The molecule has 5 nitrogen and oxygen atoms in total. The molecule has 1 saturated heterocycles. The lowest BCUT2D eigenvalue weighted by Gasteiger charge is -2.39. The molecule has 122 valence electrons. The molecule has 3 rings (SSSR count). The van der Waals surface area contributed by atoms with E-state index in [1.165, 1.54) is 10.9 Å². The maximum atomic E-state index is 12.6. The van der Waals surface area contributed by atoms with Crippen LogP contribution >= 0.6 is 11.6 Å². The molecule has 1 aliphatic heterocycles. The standard InChI is InChI=1S/C17H20ClN3O2/c1-11-4-3-5-12(2)21(11)16(22)9-20-10-19-15-8-13(18)6-7-14(15)17(20)23/h6-8,10-12H,3-5,9H2,1-2H3/t11-,12+. The van der Waals surface area contributed by atoms with Crippen molar-refractivity contribution in [3.8, 4) is 0 Å². The van der Waals surface area contributed by atoms with E-state index in [4.69, 9.17) is 11.6 Å². The Labute approximate surface area is 139 Å². The number of likely N-dealkylation sites (tertiary alicyclic amines) is 1. The molecule has 1 aliphatic rings. The second kappa shape index (κ2) is 6.32. The van der Waals surface area contributed by atoms with E-state index in [2.05, 4.69) is 18.8 Å². The number of amides is 1. The van der Waals surface area contributed by atoms with Gasteiger partial charge in [-0.2, -0.15) is 0 Å². The maximum absolute atomic E-state index is 12.6. The van der Waals surface area contributed by atoms with Gasteiger partial charge in [-0.15, -0.1) is 0 Å². The summed E-state index contributed by atoms with van der Waals surface area (Å²) in [5.41, 5.74) is 0.336. The largest absolute Gasteiger partial charge is 0.336 e. The first-order valence-corrected chi connectivity index (χ1v) is 8.31. The van der Waals surface area contributed by atoms with Crippen LogP contribution in [0.4, 0.5) is 0 Å². The number of nitrogens with zero attached hydrogens (tertiary/aromatic N) is 3. The lowest BCUT2D eigenvalue weighted by Crippen LogP contribution is -2.49. The van der Waals surface area contributed by atoms with E-state index < -0.39 is 0 Å². The Morgan fingerprint density at radius 3 is 2.70 bits per heavy atom. The van der Waals surface area contributed by atoms with Gasteiger partial charge in [-0.25, -0.2) is 4.98 Å². The van der Waals surface area contributed by atoms with Crippen molar-refractivity contribution in [1.82, 2.24) is 14.5 Å². The molecular weight excluding hydrogens is 314 g/mol. The number of carbonyl (C=O) groups is 1. The summed E-state index contributed by atoms with van der Waals surface area (Å²) in [6.07, 6.45) is 4.60. The quantitative estimate of drug-likeness (QED) is 0.849. The molecule has 0 N–H and O–H groups in total. The van der Waals surface area contributed by atoms with Crippen molar-refractivity contribution >= 4 is 28.4 Å². The fourth-order valence-electron chi connectivity index (χ4n) is 3.38. The summed E-state index contributed by atoms with van der Waals surface area (Å²) in [5, 5.41) is 1.01. The molecule has 0 bridgehead atoms. The van der Waals surface area contributed by atoms with Crippen molar-refractivity contribution in [1.29, 1.82) is 0 Å². The Bertz CT molecular complexity index is 792. The number of piperidine rings is 1. The van der Waals surface area contributed by atoms with E-state index in [9.17, 15) is 9.59 Å². The number of carbonyl (C=O) groups excluding carboxylic acids is 1. The van der Waals surface area contributed by atoms with Gasteiger partial charge in [0.2, 0.25) is 5.91 Å². The zero-order chi connectivity index (χ0) is 16.6. The number of hydrogen-bond donors (Lipinski definition) is 0. The van der Waals surface area contributed by atoms with E-state index in [0.717, 1.165) is 19.3 Å². The van der Waals surface area contributed by atoms with Crippen LogP contribution in [0.25, 0.3) is 10.9 Å². The lowest BCUT2D eigenvalue weighted by atomic mass is 9.97. The van der Waals surface area contributed by atoms with Gasteiger partial charge in [0.05, 0.1) is 17.2 Å². The van der Waals surface area contributed by atoms with Gasteiger partial charge in [0, 0.05) is 17.1 Å². The summed E-state index contributed by atoms with van der Waals surface area (Å²) in [7, 11) is 0. The van der Waals surface area contributed by atoms with Gasteiger partial charge >= 0.3 is 0 Å². The van der Waals surface area contributed by atoms with Crippen LogP contribution in [0.3, 0.4) is 0 Å². The second-order valence-corrected chi connectivity index (χ2v) is 6.71. The Kier molecular flexibility index (Phi) is 4.39. The molecule has 1 aromatic heterocycles. The number of rotatable bonds is 2. The monoisotopic (exact) mass is 333 g/mol. The predicted molar refractivity (Wildman–Crippen MR) is 90.6 cm³/mol. The van der Waals surface area contributed by atoms with Crippen LogP contribution in [0.15, 0.2) is 29.3 Å². The van der Waals surface area contributed by atoms with Crippen molar-refractivity contribution in [3.63, 3.8) is 0 Å². The van der Waals surface area contributed by atoms with E-state index in [-0.39, 0.29) is 30.1 Å². The van der Waals surface area contributed by atoms with Crippen molar-refractivity contribution < 1.29 is 4.79 Å². The molecule has 2 atom stereocenters. The Balaban J connectivity index is 1.89. The summed E-state index contributed by atoms with van der Waals surface area (Å²) in [4.78, 5) is 31.3. The van der Waals surface area contributed by atoms with Crippen LogP contribution in [0, 0.1) is 0 Å². The molecule has 0 aliphatic carbocycles. The van der Waals surface area contributed by atoms with Gasteiger partial charge in [0.15, 0.2) is 0 Å². The second-order valence-electron chi connectivity index (χ2n) is 6.27. The highest BCUT2D eigenvalue weighted by atomic mass is 35.5. The van der Waals surface area contributed by atoms with Crippen molar-refractivity contribution in [2.45, 2.75) is 51.7 Å². The molecule has 0 saturated carbocycles. The van der Waals surface area contributed by atoms with Crippen LogP contribution in [0.2, 0.25) is 5.02 Å². The Hall–Kier alpha value is -1.88. The number of fused-ring (bicyclic) bond motifs is 1. The smallest absolute Gasteiger partial charge is 0.261 e. The summed E-state index contributed by atoms with van der Waals surface area (Å²) < 4.78 is 1.38. The fourth-order valence-corrected chi connectivity index (χ4v) is 3.55. The molecule has 0 unspecified atom stereocenters. The summed E-state index contributed by atoms with van der Waals surface area (Å²) in [5.74, 6) is -0.0260. The zero-order valence-electron chi connectivity index (χ0n) is 13.3. The molecule has 1 amide bonds. The highest BCUT2D eigenvalue weighted by Gasteiger charge is 2.29. The van der Waals surface area contributed by atoms with E-state index >= 15 is 0 Å². The fraction of sp³-hybridized carbons (Fsp3) is 0.471. The van der Waals surface area contributed by atoms with Crippen molar-refractivity contribution in [2.75, 3.05) is 0 Å². The summed E-state index contributed by atoms with van der Waals surface area (Å²) in [6.45, 7) is 4.16. The van der Waals surface area contributed by atoms with Crippen LogP contribution in [0.5, 0.6) is 0 Å². The average molecular weight is 334 g/mol. The first-order valence-electron chi connectivity index (χ1n) is 7.93. The minimum atomic E-state index is -0.211. The molecule has 1 aromatic carbocycles. The average Bonchev–Trinajstić information content (AvgIpc) is 2.50. The minimum absolute atomic E-state index is 0.0260. The normalized spacial score (nSPS) is 21.6.